The summed E-state index contributed by atoms with van der Waals surface area (Å²) in [6, 6.07) is 14.9. The number of thioether (sulfide) groups is 1. The Balaban J connectivity index is 1.46. The third kappa shape index (κ3) is 3.34. The first-order valence-electron chi connectivity index (χ1n) is 9.66. The van der Waals surface area contributed by atoms with Gasteiger partial charge in [-0.2, -0.15) is 0 Å². The predicted octanol–water partition coefficient (Wildman–Crippen LogP) is 3.42. The van der Waals surface area contributed by atoms with Crippen molar-refractivity contribution < 1.29 is 9.15 Å². The molecule has 0 unspecified atom stereocenters. The van der Waals surface area contributed by atoms with E-state index in [4.69, 9.17) is 9.15 Å². The number of hydrogen-bond acceptors (Lipinski definition) is 8. The summed E-state index contributed by atoms with van der Waals surface area (Å²) in [7, 11) is 1.62. The van der Waals surface area contributed by atoms with Crippen molar-refractivity contribution in [2.75, 3.05) is 7.11 Å². The Hall–Kier alpha value is -3.66. The van der Waals surface area contributed by atoms with Gasteiger partial charge in [0.05, 0.1) is 23.8 Å². The number of para-hydroxylation sites is 1. The molecule has 5 aromatic rings. The summed E-state index contributed by atoms with van der Waals surface area (Å²) in [4.78, 5) is 12.8. The van der Waals surface area contributed by atoms with E-state index in [9.17, 15) is 4.79 Å². The summed E-state index contributed by atoms with van der Waals surface area (Å²) < 4.78 is 14.5. The van der Waals surface area contributed by atoms with Crippen LogP contribution < -0.4 is 10.3 Å². The van der Waals surface area contributed by atoms with Gasteiger partial charge in [-0.05, 0) is 43.3 Å². The van der Waals surface area contributed by atoms with Crippen LogP contribution >= 0.6 is 11.8 Å². The average Bonchev–Trinajstić information content (AvgIpc) is 3.46. The van der Waals surface area contributed by atoms with Gasteiger partial charge in [0.2, 0.25) is 11.7 Å². The van der Waals surface area contributed by atoms with Crippen LogP contribution in [0.1, 0.15) is 12.7 Å². The highest BCUT2D eigenvalue weighted by Crippen LogP contribution is 2.27. The Morgan fingerprint density at radius 2 is 1.84 bits per heavy atom. The van der Waals surface area contributed by atoms with Crippen molar-refractivity contribution in [1.82, 2.24) is 29.4 Å². The standard InChI is InChI=1S/C21H18N6O3S/c1-3-26-19(28)15-6-4-5-7-16(15)27-17(22-24-20(26)27)12-31-21-25-23-18(30-21)13-8-10-14(29-2)11-9-13/h4-11H,3,12H2,1-2H3. The lowest BCUT2D eigenvalue weighted by atomic mass is 10.2. The third-order valence-electron chi connectivity index (χ3n) is 4.96. The van der Waals surface area contributed by atoms with Crippen molar-refractivity contribution in [1.29, 1.82) is 0 Å². The summed E-state index contributed by atoms with van der Waals surface area (Å²) in [5, 5.41) is 17.9. The molecule has 3 heterocycles. The van der Waals surface area contributed by atoms with Crippen LogP contribution in [0.15, 0.2) is 63.0 Å². The molecule has 9 nitrogen and oxygen atoms in total. The van der Waals surface area contributed by atoms with E-state index in [1.165, 1.54) is 11.8 Å². The second-order valence-corrected chi connectivity index (χ2v) is 7.64. The van der Waals surface area contributed by atoms with E-state index in [1.807, 2.05) is 59.9 Å². The van der Waals surface area contributed by atoms with Gasteiger partial charge in [-0.15, -0.1) is 20.4 Å². The molecular weight excluding hydrogens is 416 g/mol. The van der Waals surface area contributed by atoms with E-state index in [0.717, 1.165) is 16.8 Å². The first kappa shape index (κ1) is 19.3. The smallest absolute Gasteiger partial charge is 0.277 e. The highest BCUT2D eigenvalue weighted by molar-refractivity contribution is 7.98. The molecular formula is C21H18N6O3S. The second-order valence-electron chi connectivity index (χ2n) is 6.71. The van der Waals surface area contributed by atoms with Gasteiger partial charge < -0.3 is 9.15 Å². The van der Waals surface area contributed by atoms with Crippen LogP contribution in [-0.2, 0) is 12.3 Å². The maximum absolute atomic E-state index is 12.8. The molecule has 156 valence electrons. The summed E-state index contributed by atoms with van der Waals surface area (Å²) in [6.07, 6.45) is 0. The van der Waals surface area contributed by atoms with Crippen molar-refractivity contribution >= 4 is 28.4 Å². The number of rotatable bonds is 6. The molecule has 3 aromatic heterocycles. The van der Waals surface area contributed by atoms with Crippen LogP contribution in [-0.4, -0.2) is 36.5 Å². The molecule has 0 saturated heterocycles. The number of fused-ring (bicyclic) bond motifs is 3. The number of hydrogen-bond donors (Lipinski definition) is 0. The van der Waals surface area contributed by atoms with Crippen LogP contribution in [0.25, 0.3) is 28.1 Å². The lowest BCUT2D eigenvalue weighted by Gasteiger charge is -2.09. The Kier molecular flexibility index (Phi) is 4.91. The van der Waals surface area contributed by atoms with Crippen molar-refractivity contribution in [3.05, 3.63) is 64.7 Å². The fraction of sp³-hybridized carbons (Fsp3) is 0.190. The van der Waals surface area contributed by atoms with E-state index in [1.54, 1.807) is 11.7 Å². The molecule has 0 aliphatic rings. The van der Waals surface area contributed by atoms with Crippen molar-refractivity contribution in [3.8, 4) is 17.2 Å². The van der Waals surface area contributed by atoms with E-state index in [2.05, 4.69) is 20.4 Å². The molecule has 0 saturated carbocycles. The normalized spacial score (nSPS) is 11.4. The van der Waals surface area contributed by atoms with Gasteiger partial charge in [0.15, 0.2) is 0 Å². The Labute approximate surface area is 180 Å². The quantitative estimate of drug-likeness (QED) is 0.375. The van der Waals surface area contributed by atoms with Crippen molar-refractivity contribution in [2.45, 2.75) is 24.4 Å². The molecule has 0 spiro atoms. The maximum Gasteiger partial charge on any atom is 0.277 e. The van der Waals surface area contributed by atoms with Crippen LogP contribution in [0, 0.1) is 0 Å². The fourth-order valence-corrected chi connectivity index (χ4v) is 4.11. The predicted molar refractivity (Wildman–Crippen MR) is 116 cm³/mol. The monoisotopic (exact) mass is 434 g/mol. The Bertz CT molecular complexity index is 1440. The summed E-state index contributed by atoms with van der Waals surface area (Å²) >= 11 is 1.37. The maximum atomic E-state index is 12.8. The molecule has 31 heavy (non-hydrogen) atoms. The second kappa shape index (κ2) is 7.88. The van der Waals surface area contributed by atoms with Gasteiger partial charge in [0.25, 0.3) is 10.8 Å². The molecule has 0 amide bonds. The fourth-order valence-electron chi connectivity index (χ4n) is 3.44. The molecule has 0 bridgehead atoms. The molecule has 10 heteroatoms. The van der Waals surface area contributed by atoms with Gasteiger partial charge >= 0.3 is 0 Å². The first-order chi connectivity index (χ1) is 15.2. The lowest BCUT2D eigenvalue weighted by molar-refractivity contribution is 0.414. The molecule has 0 N–H and O–H groups in total. The highest BCUT2D eigenvalue weighted by Gasteiger charge is 2.17. The largest absolute Gasteiger partial charge is 0.497 e. The van der Waals surface area contributed by atoms with E-state index < -0.39 is 0 Å². The molecule has 0 fully saturated rings. The number of aryl methyl sites for hydroxylation is 1. The third-order valence-corrected chi connectivity index (χ3v) is 5.77. The van der Waals surface area contributed by atoms with E-state index >= 15 is 0 Å². The molecule has 0 atom stereocenters. The van der Waals surface area contributed by atoms with Crippen LogP contribution in [0.3, 0.4) is 0 Å². The van der Waals surface area contributed by atoms with Gasteiger partial charge in [-0.3, -0.25) is 13.8 Å². The minimum Gasteiger partial charge on any atom is -0.497 e. The van der Waals surface area contributed by atoms with Crippen LogP contribution in [0.4, 0.5) is 0 Å². The van der Waals surface area contributed by atoms with Crippen molar-refractivity contribution in [3.63, 3.8) is 0 Å². The van der Waals surface area contributed by atoms with Gasteiger partial charge in [0.1, 0.15) is 11.6 Å². The van der Waals surface area contributed by atoms with Crippen LogP contribution in [0.2, 0.25) is 0 Å². The zero-order chi connectivity index (χ0) is 21.4. The van der Waals surface area contributed by atoms with E-state index in [-0.39, 0.29) is 5.56 Å². The topological polar surface area (TPSA) is 100 Å². The summed E-state index contributed by atoms with van der Waals surface area (Å²) in [5.74, 6) is 2.86. The number of aromatic nitrogens is 6. The van der Waals surface area contributed by atoms with Gasteiger partial charge in [-0.25, -0.2) is 0 Å². The summed E-state index contributed by atoms with van der Waals surface area (Å²) in [5.41, 5.74) is 1.52. The van der Waals surface area contributed by atoms with Gasteiger partial charge in [0, 0.05) is 12.1 Å². The molecule has 0 aliphatic carbocycles. The zero-order valence-electron chi connectivity index (χ0n) is 16.8. The minimum atomic E-state index is -0.0711. The number of methoxy groups -OCH3 is 1. The number of benzene rings is 2. The zero-order valence-corrected chi connectivity index (χ0v) is 17.7. The molecule has 0 radical (unpaired) electrons. The Morgan fingerprint density at radius 1 is 1.03 bits per heavy atom. The Morgan fingerprint density at radius 3 is 2.61 bits per heavy atom. The highest BCUT2D eigenvalue weighted by atomic mass is 32.2. The molecule has 5 rings (SSSR count). The van der Waals surface area contributed by atoms with E-state index in [0.29, 0.717) is 40.4 Å². The SMILES string of the molecule is CCn1c(=O)c2ccccc2n2c(CSc3nnc(-c4ccc(OC)cc4)o3)nnc12. The number of nitrogens with zero attached hydrogens (tertiary/aromatic N) is 6. The first-order valence-corrected chi connectivity index (χ1v) is 10.6. The van der Waals surface area contributed by atoms with Crippen molar-refractivity contribution in [2.24, 2.45) is 0 Å². The lowest BCUT2D eigenvalue weighted by Crippen LogP contribution is -2.22. The molecule has 0 aliphatic heterocycles. The van der Waals surface area contributed by atoms with Gasteiger partial charge in [-0.1, -0.05) is 23.9 Å². The summed E-state index contributed by atoms with van der Waals surface area (Å²) in [6.45, 7) is 2.42. The van der Waals surface area contributed by atoms with Crippen LogP contribution in [0.5, 0.6) is 5.75 Å². The molecule has 2 aromatic carbocycles. The number of ether oxygens (including phenoxy) is 1. The minimum absolute atomic E-state index is 0.0711. The average molecular weight is 434 g/mol.